The second-order valence-electron chi connectivity index (χ2n) is 7.34. The van der Waals surface area contributed by atoms with Gasteiger partial charge < -0.3 is 29.0 Å². The van der Waals surface area contributed by atoms with E-state index >= 15 is 0 Å². The summed E-state index contributed by atoms with van der Waals surface area (Å²) in [7, 11) is 2.77. The lowest BCUT2D eigenvalue weighted by Gasteiger charge is -2.34. The second kappa shape index (κ2) is 9.07. The molecule has 2 rings (SSSR count). The lowest BCUT2D eigenvalue weighted by molar-refractivity contribution is -0.136. The predicted octanol–water partition coefficient (Wildman–Crippen LogP) is 2.21. The number of aliphatic hydroxyl groups excluding tert-OH is 1. The maximum atomic E-state index is 12.4. The molecule has 8 nitrogen and oxygen atoms in total. The Bertz CT molecular complexity index is 751. The molecule has 0 radical (unpaired) electrons. The zero-order valence-corrected chi connectivity index (χ0v) is 16.9. The van der Waals surface area contributed by atoms with Crippen molar-refractivity contribution in [2.75, 3.05) is 34.1 Å². The number of amides is 1. The lowest BCUT2D eigenvalue weighted by Crippen LogP contribution is -2.46. The third-order valence-corrected chi connectivity index (χ3v) is 3.97. The van der Waals surface area contributed by atoms with Crippen LogP contribution >= 0.6 is 0 Å². The van der Waals surface area contributed by atoms with Crippen LogP contribution in [0.5, 0.6) is 5.75 Å². The first kappa shape index (κ1) is 21.7. The Morgan fingerprint density at radius 2 is 1.96 bits per heavy atom. The van der Waals surface area contributed by atoms with Gasteiger partial charge in [0.15, 0.2) is 6.79 Å². The molecule has 1 aliphatic rings. The van der Waals surface area contributed by atoms with E-state index in [1.165, 1.54) is 19.1 Å². The van der Waals surface area contributed by atoms with Gasteiger partial charge in [-0.1, -0.05) is 12.1 Å². The molecule has 1 aliphatic heterocycles. The molecule has 0 saturated heterocycles. The monoisotopic (exact) mass is 393 g/mol. The van der Waals surface area contributed by atoms with Gasteiger partial charge in [0.05, 0.1) is 31.9 Å². The molecule has 28 heavy (non-hydrogen) atoms. The zero-order valence-electron chi connectivity index (χ0n) is 16.9. The van der Waals surface area contributed by atoms with Crippen LogP contribution in [0.4, 0.5) is 4.79 Å². The maximum absolute atomic E-state index is 12.4. The fourth-order valence-electron chi connectivity index (χ4n) is 2.85. The molecule has 0 fully saturated rings. The van der Waals surface area contributed by atoms with Gasteiger partial charge in [-0.15, -0.1) is 0 Å². The molecule has 1 aromatic rings. The van der Waals surface area contributed by atoms with Crippen molar-refractivity contribution in [3.63, 3.8) is 0 Å². The average molecular weight is 393 g/mol. The number of aliphatic hydroxyl groups is 1. The molecule has 1 heterocycles. The Hall–Kier alpha value is -2.58. The average Bonchev–Trinajstić information content (AvgIpc) is 2.63. The van der Waals surface area contributed by atoms with E-state index in [9.17, 15) is 14.7 Å². The summed E-state index contributed by atoms with van der Waals surface area (Å²) < 4.78 is 20.6. The van der Waals surface area contributed by atoms with Gasteiger partial charge in [-0.3, -0.25) is 0 Å². The Kier molecular flexibility index (Phi) is 7.04. The minimum absolute atomic E-state index is 0.00605. The normalized spacial score (nSPS) is 17.4. The smallest absolute Gasteiger partial charge is 0.410 e. The highest BCUT2D eigenvalue weighted by molar-refractivity contribution is 6.00. The standard InChI is InChI=1S/C20H27NO7/c1-20(2,3)28-19(24)21-10-15(18(23)26-5)17(16(22)11-21)13-7-6-8-14(9-13)27-12-25-4/h6-9,16,22H,10-12H2,1-5H3/t16-/m1/s1. The molecule has 1 amide bonds. The van der Waals surface area contributed by atoms with Gasteiger partial charge in [0.2, 0.25) is 0 Å². The Labute approximate surface area is 164 Å². The summed E-state index contributed by atoms with van der Waals surface area (Å²) in [6.07, 6.45) is -1.70. The SMILES string of the molecule is COCOc1cccc(C2=C(C(=O)OC)CN(C(=O)OC(C)(C)C)C[C@H]2O)c1. The summed E-state index contributed by atoms with van der Waals surface area (Å²) in [5.41, 5.74) is 0.501. The molecule has 8 heteroatoms. The van der Waals surface area contributed by atoms with Gasteiger partial charge in [0, 0.05) is 12.7 Å². The second-order valence-corrected chi connectivity index (χ2v) is 7.34. The number of hydrogen-bond donors (Lipinski definition) is 1. The molecule has 0 unspecified atom stereocenters. The molecule has 0 bridgehead atoms. The van der Waals surface area contributed by atoms with E-state index in [1.807, 2.05) is 0 Å². The topological polar surface area (TPSA) is 94.5 Å². The summed E-state index contributed by atoms with van der Waals surface area (Å²) in [4.78, 5) is 26.1. The van der Waals surface area contributed by atoms with Crippen molar-refractivity contribution in [3.8, 4) is 5.75 Å². The minimum Gasteiger partial charge on any atom is -0.468 e. The quantitative estimate of drug-likeness (QED) is 0.605. The van der Waals surface area contributed by atoms with Crippen LogP contribution in [0.25, 0.3) is 5.57 Å². The van der Waals surface area contributed by atoms with Gasteiger partial charge in [-0.25, -0.2) is 9.59 Å². The van der Waals surface area contributed by atoms with Gasteiger partial charge in [0.25, 0.3) is 0 Å². The number of rotatable bonds is 5. The largest absolute Gasteiger partial charge is 0.468 e. The molecule has 0 aromatic heterocycles. The van der Waals surface area contributed by atoms with Gasteiger partial charge >= 0.3 is 12.1 Å². The van der Waals surface area contributed by atoms with Crippen molar-refractivity contribution in [3.05, 3.63) is 35.4 Å². The van der Waals surface area contributed by atoms with Crippen LogP contribution < -0.4 is 4.74 Å². The summed E-state index contributed by atoms with van der Waals surface area (Å²) >= 11 is 0. The van der Waals surface area contributed by atoms with E-state index in [0.29, 0.717) is 16.9 Å². The third kappa shape index (κ3) is 5.46. The van der Waals surface area contributed by atoms with Crippen molar-refractivity contribution < 1.29 is 33.6 Å². The van der Waals surface area contributed by atoms with E-state index in [4.69, 9.17) is 18.9 Å². The van der Waals surface area contributed by atoms with Crippen LogP contribution in [0, 0.1) is 0 Å². The molecular formula is C20H27NO7. The van der Waals surface area contributed by atoms with Crippen LogP contribution in [0.15, 0.2) is 29.8 Å². The highest BCUT2D eigenvalue weighted by Crippen LogP contribution is 2.31. The summed E-state index contributed by atoms with van der Waals surface area (Å²) in [6, 6.07) is 6.94. The number of carbonyl (C=O) groups excluding carboxylic acids is 2. The number of benzene rings is 1. The van der Waals surface area contributed by atoms with Crippen molar-refractivity contribution >= 4 is 17.6 Å². The molecule has 0 saturated carbocycles. The van der Waals surface area contributed by atoms with Crippen molar-refractivity contribution in [1.29, 1.82) is 0 Å². The number of nitrogens with zero attached hydrogens (tertiary/aromatic N) is 1. The molecule has 1 atom stereocenters. The first-order chi connectivity index (χ1) is 13.2. The van der Waals surface area contributed by atoms with Crippen LogP contribution in [0.3, 0.4) is 0 Å². The third-order valence-electron chi connectivity index (χ3n) is 3.97. The van der Waals surface area contributed by atoms with Crippen LogP contribution in [0.1, 0.15) is 26.3 Å². The fourth-order valence-corrected chi connectivity index (χ4v) is 2.85. The lowest BCUT2D eigenvalue weighted by atomic mass is 9.91. The number of β-amino-alcohol motifs (C(OH)–C–C–N with tert-alkyl or cyclic N) is 1. The van der Waals surface area contributed by atoms with E-state index in [0.717, 1.165) is 0 Å². The first-order valence-corrected chi connectivity index (χ1v) is 8.85. The van der Waals surface area contributed by atoms with E-state index in [1.54, 1.807) is 45.0 Å². The number of methoxy groups -OCH3 is 2. The van der Waals surface area contributed by atoms with Gasteiger partial charge in [-0.05, 0) is 38.5 Å². The zero-order chi connectivity index (χ0) is 20.9. The highest BCUT2D eigenvalue weighted by Gasteiger charge is 2.35. The predicted molar refractivity (Wildman–Crippen MR) is 102 cm³/mol. The van der Waals surface area contributed by atoms with Crippen LogP contribution in [0.2, 0.25) is 0 Å². The van der Waals surface area contributed by atoms with E-state index in [2.05, 4.69) is 0 Å². The van der Waals surface area contributed by atoms with E-state index < -0.39 is 23.8 Å². The molecule has 1 N–H and O–H groups in total. The molecule has 0 aliphatic carbocycles. The van der Waals surface area contributed by atoms with Gasteiger partial charge in [0.1, 0.15) is 11.4 Å². The number of hydrogen-bond acceptors (Lipinski definition) is 7. The van der Waals surface area contributed by atoms with Gasteiger partial charge in [-0.2, -0.15) is 0 Å². The van der Waals surface area contributed by atoms with Crippen LogP contribution in [-0.4, -0.2) is 67.9 Å². The van der Waals surface area contributed by atoms with Crippen molar-refractivity contribution in [2.24, 2.45) is 0 Å². The van der Waals surface area contributed by atoms with Crippen LogP contribution in [-0.2, 0) is 19.0 Å². The molecule has 1 aromatic carbocycles. The Balaban J connectivity index is 2.39. The van der Waals surface area contributed by atoms with E-state index in [-0.39, 0.29) is 25.5 Å². The molecule has 0 spiro atoms. The van der Waals surface area contributed by atoms with Crippen molar-refractivity contribution in [1.82, 2.24) is 4.90 Å². The molecular weight excluding hydrogens is 366 g/mol. The number of ether oxygens (including phenoxy) is 4. The fraction of sp³-hybridized carbons (Fsp3) is 0.500. The number of esters is 1. The van der Waals surface area contributed by atoms with Crippen molar-refractivity contribution in [2.45, 2.75) is 32.5 Å². The minimum atomic E-state index is -1.09. The summed E-state index contributed by atoms with van der Waals surface area (Å²) in [5.74, 6) is -0.0941. The first-order valence-electron chi connectivity index (χ1n) is 8.85. The molecule has 154 valence electrons. The number of carbonyl (C=O) groups is 2. The highest BCUT2D eigenvalue weighted by atomic mass is 16.7. The Morgan fingerprint density at radius 1 is 1.25 bits per heavy atom. The Morgan fingerprint density at radius 3 is 2.57 bits per heavy atom. The summed E-state index contributed by atoms with van der Waals surface area (Å²) in [5, 5.41) is 10.7. The maximum Gasteiger partial charge on any atom is 0.410 e. The summed E-state index contributed by atoms with van der Waals surface area (Å²) in [6.45, 7) is 5.28.